The summed E-state index contributed by atoms with van der Waals surface area (Å²) in [6.45, 7) is 1.65. The number of nitro benzene ring substituents is 1. The Morgan fingerprint density at radius 1 is 1.27 bits per heavy atom. The van der Waals surface area contributed by atoms with E-state index < -0.39 is 10.5 Å². The lowest BCUT2D eigenvalue weighted by molar-refractivity contribution is -0.385. The van der Waals surface area contributed by atoms with Gasteiger partial charge in [-0.1, -0.05) is 30.3 Å². The number of fused-ring (bicyclic) bond motifs is 1. The van der Waals surface area contributed by atoms with Gasteiger partial charge >= 0.3 is 5.63 Å². The molecule has 0 amide bonds. The molecule has 0 aliphatic carbocycles. The van der Waals surface area contributed by atoms with Crippen molar-refractivity contribution in [3.63, 3.8) is 0 Å². The molecule has 2 aromatic carbocycles. The fourth-order valence-corrected chi connectivity index (χ4v) is 3.77. The van der Waals surface area contributed by atoms with Crippen LogP contribution in [0.5, 0.6) is 0 Å². The molecule has 8 heteroatoms. The molecule has 0 fully saturated rings. The smallest absolute Gasteiger partial charge is 0.345 e. The number of nitriles is 1. The standard InChI is InChI=1S/C22H13N3O4S/c1-13-6-7-14(9-19(13)25(27)28)8-16(11-23)21-24-18(12-30-21)17-10-15-4-2-3-5-20(15)29-22(17)26/h2-10,12H,1H3. The molecule has 0 aliphatic rings. The van der Waals surface area contributed by atoms with Crippen molar-refractivity contribution in [3.8, 4) is 17.3 Å². The molecule has 0 unspecified atom stereocenters. The lowest BCUT2D eigenvalue weighted by atomic mass is 10.1. The molecule has 146 valence electrons. The quantitative estimate of drug-likeness (QED) is 0.196. The van der Waals surface area contributed by atoms with Gasteiger partial charge in [0.2, 0.25) is 0 Å². The zero-order valence-corrected chi connectivity index (χ0v) is 16.5. The molecule has 4 aromatic rings. The maximum Gasteiger partial charge on any atom is 0.345 e. The molecule has 0 saturated carbocycles. The first-order valence-corrected chi connectivity index (χ1v) is 9.70. The number of aromatic nitrogens is 1. The van der Waals surface area contributed by atoms with Crippen LogP contribution in [0.15, 0.2) is 63.1 Å². The summed E-state index contributed by atoms with van der Waals surface area (Å²) in [4.78, 5) is 27.5. The highest BCUT2D eigenvalue weighted by molar-refractivity contribution is 7.11. The molecule has 30 heavy (non-hydrogen) atoms. The fourth-order valence-electron chi connectivity index (χ4n) is 2.98. The third-order valence-electron chi connectivity index (χ3n) is 4.51. The van der Waals surface area contributed by atoms with E-state index in [1.54, 1.807) is 42.6 Å². The zero-order valence-electron chi connectivity index (χ0n) is 15.7. The van der Waals surface area contributed by atoms with Crippen molar-refractivity contribution in [1.82, 2.24) is 4.98 Å². The monoisotopic (exact) mass is 415 g/mol. The number of nitrogens with zero attached hydrogens (tertiary/aromatic N) is 3. The maximum atomic E-state index is 12.4. The van der Waals surface area contributed by atoms with Crippen molar-refractivity contribution in [2.75, 3.05) is 0 Å². The lowest BCUT2D eigenvalue weighted by Crippen LogP contribution is -2.02. The van der Waals surface area contributed by atoms with Gasteiger partial charge < -0.3 is 4.42 Å². The summed E-state index contributed by atoms with van der Waals surface area (Å²) in [6, 6.07) is 15.7. The number of thiazole rings is 1. The van der Waals surface area contributed by atoms with E-state index in [1.807, 2.05) is 12.1 Å². The predicted molar refractivity (Wildman–Crippen MR) is 115 cm³/mol. The fraction of sp³-hybridized carbons (Fsp3) is 0.0455. The third-order valence-corrected chi connectivity index (χ3v) is 5.39. The number of nitro groups is 1. The van der Waals surface area contributed by atoms with E-state index in [0.29, 0.717) is 33.0 Å². The van der Waals surface area contributed by atoms with Gasteiger partial charge in [0.15, 0.2) is 0 Å². The number of hydrogen-bond donors (Lipinski definition) is 0. The van der Waals surface area contributed by atoms with E-state index in [0.717, 1.165) is 5.39 Å². The van der Waals surface area contributed by atoms with Gasteiger partial charge in [0.1, 0.15) is 16.7 Å². The lowest BCUT2D eigenvalue weighted by Gasteiger charge is -2.00. The van der Waals surface area contributed by atoms with Gasteiger partial charge in [-0.15, -0.1) is 11.3 Å². The summed E-state index contributed by atoms with van der Waals surface area (Å²) in [5.74, 6) is 0. The molecular weight excluding hydrogens is 402 g/mol. The SMILES string of the molecule is Cc1ccc(C=C(C#N)c2nc(-c3cc4ccccc4oc3=O)cs2)cc1[N+](=O)[O-]. The Bertz CT molecular complexity index is 1430. The van der Waals surface area contributed by atoms with Crippen LogP contribution in [0, 0.1) is 28.4 Å². The van der Waals surface area contributed by atoms with E-state index in [-0.39, 0.29) is 11.3 Å². The first-order chi connectivity index (χ1) is 14.5. The number of benzene rings is 2. The van der Waals surface area contributed by atoms with Crippen LogP contribution in [0.2, 0.25) is 0 Å². The summed E-state index contributed by atoms with van der Waals surface area (Å²) in [6.07, 6.45) is 1.54. The van der Waals surface area contributed by atoms with Crippen LogP contribution in [0.25, 0.3) is 33.9 Å². The van der Waals surface area contributed by atoms with Gasteiger partial charge in [0.05, 0.1) is 21.8 Å². The molecule has 0 atom stereocenters. The zero-order chi connectivity index (χ0) is 21.3. The predicted octanol–water partition coefficient (Wildman–Crippen LogP) is 5.20. The number of para-hydroxylation sites is 1. The minimum absolute atomic E-state index is 0.0189. The number of allylic oxidation sites excluding steroid dienone is 1. The number of rotatable bonds is 4. The van der Waals surface area contributed by atoms with Gasteiger partial charge in [-0.25, -0.2) is 9.78 Å². The maximum absolute atomic E-state index is 12.4. The van der Waals surface area contributed by atoms with Crippen molar-refractivity contribution < 1.29 is 9.34 Å². The normalized spacial score (nSPS) is 11.4. The second-order valence-corrected chi connectivity index (χ2v) is 7.35. The first-order valence-electron chi connectivity index (χ1n) is 8.82. The van der Waals surface area contributed by atoms with Crippen LogP contribution >= 0.6 is 11.3 Å². The van der Waals surface area contributed by atoms with Gasteiger partial charge in [-0.05, 0) is 30.7 Å². The topological polar surface area (TPSA) is 110 Å². The van der Waals surface area contributed by atoms with E-state index in [2.05, 4.69) is 11.1 Å². The third kappa shape index (κ3) is 3.62. The Labute approximate surface area is 174 Å². The summed E-state index contributed by atoms with van der Waals surface area (Å²) in [7, 11) is 0. The van der Waals surface area contributed by atoms with Crippen LogP contribution in [0.3, 0.4) is 0 Å². The van der Waals surface area contributed by atoms with Crippen LogP contribution in [0.4, 0.5) is 5.69 Å². The number of aryl methyl sites for hydroxylation is 1. The Balaban J connectivity index is 1.74. The van der Waals surface area contributed by atoms with Gasteiger partial charge in [-0.2, -0.15) is 5.26 Å². The molecule has 2 heterocycles. The molecule has 7 nitrogen and oxygen atoms in total. The summed E-state index contributed by atoms with van der Waals surface area (Å²) in [5.41, 5.74) is 1.97. The van der Waals surface area contributed by atoms with E-state index >= 15 is 0 Å². The minimum atomic E-state index is -0.512. The average molecular weight is 415 g/mol. The molecule has 0 aliphatic heterocycles. The molecule has 2 aromatic heterocycles. The summed E-state index contributed by atoms with van der Waals surface area (Å²) >= 11 is 1.21. The minimum Gasteiger partial charge on any atom is -0.422 e. The Hall–Kier alpha value is -4.09. The molecule has 0 bridgehead atoms. The Morgan fingerprint density at radius 3 is 2.83 bits per heavy atom. The van der Waals surface area contributed by atoms with Crippen LogP contribution in [-0.2, 0) is 0 Å². The first kappa shape index (κ1) is 19.2. The molecule has 0 spiro atoms. The van der Waals surface area contributed by atoms with E-state index in [9.17, 15) is 20.2 Å². The second-order valence-electron chi connectivity index (χ2n) is 6.50. The Morgan fingerprint density at radius 2 is 2.07 bits per heavy atom. The van der Waals surface area contributed by atoms with E-state index in [1.165, 1.54) is 23.5 Å². The van der Waals surface area contributed by atoms with Crippen molar-refractivity contribution in [3.05, 3.63) is 90.6 Å². The van der Waals surface area contributed by atoms with E-state index in [4.69, 9.17) is 4.42 Å². The molecule has 0 radical (unpaired) electrons. The van der Waals surface area contributed by atoms with Crippen molar-refractivity contribution in [2.45, 2.75) is 6.92 Å². The molecule has 0 saturated heterocycles. The van der Waals surface area contributed by atoms with Gasteiger partial charge in [-0.3, -0.25) is 10.1 Å². The van der Waals surface area contributed by atoms with Crippen molar-refractivity contribution in [1.29, 1.82) is 5.26 Å². The highest BCUT2D eigenvalue weighted by atomic mass is 32.1. The molecular formula is C22H13N3O4S. The second kappa shape index (κ2) is 7.73. The van der Waals surface area contributed by atoms with Gasteiger partial charge in [0.25, 0.3) is 5.69 Å². The van der Waals surface area contributed by atoms with Crippen LogP contribution in [0.1, 0.15) is 16.1 Å². The van der Waals surface area contributed by atoms with Gasteiger partial charge in [0, 0.05) is 22.4 Å². The highest BCUT2D eigenvalue weighted by Gasteiger charge is 2.15. The average Bonchev–Trinajstić information content (AvgIpc) is 3.22. The van der Waals surface area contributed by atoms with Crippen LogP contribution < -0.4 is 5.63 Å². The van der Waals surface area contributed by atoms with Crippen molar-refractivity contribution >= 4 is 39.6 Å². The van der Waals surface area contributed by atoms with Crippen LogP contribution in [-0.4, -0.2) is 9.91 Å². The number of hydrogen-bond acceptors (Lipinski definition) is 7. The molecule has 0 N–H and O–H groups in total. The largest absolute Gasteiger partial charge is 0.422 e. The van der Waals surface area contributed by atoms with Crippen molar-refractivity contribution in [2.24, 2.45) is 0 Å². The molecule has 4 rings (SSSR count). The summed E-state index contributed by atoms with van der Waals surface area (Å²) in [5, 5.41) is 23.6. The Kier molecular flexibility index (Phi) is 4.96. The summed E-state index contributed by atoms with van der Waals surface area (Å²) < 4.78 is 5.35. The highest BCUT2D eigenvalue weighted by Crippen LogP contribution is 2.28.